The van der Waals surface area contributed by atoms with Crippen LogP contribution in [0.2, 0.25) is 0 Å². The van der Waals surface area contributed by atoms with Crippen molar-refractivity contribution in [3.63, 3.8) is 0 Å². The van der Waals surface area contributed by atoms with Gasteiger partial charge in [0.05, 0.1) is 27.8 Å². The molecule has 5 heteroatoms. The molecule has 0 aromatic heterocycles. The van der Waals surface area contributed by atoms with Gasteiger partial charge in [-0.3, -0.25) is 4.79 Å². The fourth-order valence-corrected chi connectivity index (χ4v) is 1.51. The molecular weight excluding hydrogens is 248 g/mol. The summed E-state index contributed by atoms with van der Waals surface area (Å²) in [5.41, 5.74) is 0.896. The second kappa shape index (κ2) is 7.20. The molecule has 1 aromatic rings. The number of para-hydroxylation sites is 1. The van der Waals surface area contributed by atoms with Gasteiger partial charge in [0.1, 0.15) is 5.75 Å². The molecule has 0 saturated heterocycles. The van der Waals surface area contributed by atoms with Gasteiger partial charge in [-0.1, -0.05) is 18.2 Å². The number of ether oxygens (including phenoxy) is 3. The summed E-state index contributed by atoms with van der Waals surface area (Å²) in [6.07, 6.45) is 1.41. The molecular formula is C14H16O5. The van der Waals surface area contributed by atoms with Crippen LogP contribution in [-0.2, 0) is 19.1 Å². The maximum Gasteiger partial charge on any atom is 0.334 e. The Kier molecular flexibility index (Phi) is 5.60. The summed E-state index contributed by atoms with van der Waals surface area (Å²) in [4.78, 5) is 22.9. The van der Waals surface area contributed by atoms with Gasteiger partial charge in [-0.25, -0.2) is 4.79 Å². The van der Waals surface area contributed by atoms with Crippen LogP contribution in [0.1, 0.15) is 12.0 Å². The zero-order valence-corrected chi connectivity index (χ0v) is 11.1. The average molecular weight is 264 g/mol. The monoisotopic (exact) mass is 264 g/mol. The van der Waals surface area contributed by atoms with Gasteiger partial charge < -0.3 is 14.2 Å². The van der Waals surface area contributed by atoms with E-state index in [-0.39, 0.29) is 12.0 Å². The number of hydrogen-bond donors (Lipinski definition) is 0. The van der Waals surface area contributed by atoms with E-state index in [9.17, 15) is 9.59 Å². The van der Waals surface area contributed by atoms with Crippen LogP contribution in [0.4, 0.5) is 0 Å². The fraction of sp³-hybridized carbons (Fsp3) is 0.286. The lowest BCUT2D eigenvalue weighted by Crippen LogP contribution is -2.11. The Balaban J connectivity index is 3.11. The van der Waals surface area contributed by atoms with Crippen molar-refractivity contribution < 1.29 is 23.8 Å². The van der Waals surface area contributed by atoms with Crippen LogP contribution in [-0.4, -0.2) is 33.3 Å². The summed E-state index contributed by atoms with van der Waals surface area (Å²) >= 11 is 0. The standard InChI is InChI=1S/C14H16O5/c1-17-12-7-5-4-6-10(12)8-11(14(16)19-3)9-13(15)18-2/h4-8H,9H2,1-3H3/b11-8+. The van der Waals surface area contributed by atoms with Gasteiger partial charge in [0.15, 0.2) is 0 Å². The van der Waals surface area contributed by atoms with E-state index in [1.54, 1.807) is 24.3 Å². The van der Waals surface area contributed by atoms with E-state index < -0.39 is 11.9 Å². The summed E-state index contributed by atoms with van der Waals surface area (Å²) in [5.74, 6) is -0.475. The lowest BCUT2D eigenvalue weighted by molar-refractivity contribution is -0.143. The molecule has 102 valence electrons. The largest absolute Gasteiger partial charge is 0.496 e. The molecule has 0 fully saturated rings. The molecule has 0 unspecified atom stereocenters. The number of hydrogen-bond acceptors (Lipinski definition) is 5. The van der Waals surface area contributed by atoms with E-state index >= 15 is 0 Å². The molecule has 0 radical (unpaired) electrons. The Morgan fingerprint density at radius 3 is 2.37 bits per heavy atom. The molecule has 0 aliphatic rings. The van der Waals surface area contributed by atoms with Crippen molar-refractivity contribution in [1.82, 2.24) is 0 Å². The maximum atomic E-state index is 11.6. The summed E-state index contributed by atoms with van der Waals surface area (Å²) in [6.45, 7) is 0. The quantitative estimate of drug-likeness (QED) is 0.599. The van der Waals surface area contributed by atoms with E-state index in [1.165, 1.54) is 21.3 Å². The molecule has 0 amide bonds. The van der Waals surface area contributed by atoms with Gasteiger partial charge in [-0.15, -0.1) is 0 Å². The van der Waals surface area contributed by atoms with Gasteiger partial charge in [0.25, 0.3) is 0 Å². The number of carbonyl (C=O) groups is 2. The van der Waals surface area contributed by atoms with Crippen LogP contribution in [0.25, 0.3) is 6.08 Å². The van der Waals surface area contributed by atoms with E-state index in [0.717, 1.165) is 0 Å². The molecule has 0 heterocycles. The number of carbonyl (C=O) groups excluding carboxylic acids is 2. The van der Waals surface area contributed by atoms with E-state index in [0.29, 0.717) is 11.3 Å². The van der Waals surface area contributed by atoms with E-state index in [4.69, 9.17) is 4.74 Å². The molecule has 0 aliphatic heterocycles. The van der Waals surface area contributed by atoms with Crippen LogP contribution in [0, 0.1) is 0 Å². The topological polar surface area (TPSA) is 61.8 Å². The Morgan fingerprint density at radius 2 is 1.79 bits per heavy atom. The van der Waals surface area contributed by atoms with Gasteiger partial charge in [0.2, 0.25) is 0 Å². The van der Waals surface area contributed by atoms with Crippen molar-refractivity contribution in [3.8, 4) is 5.75 Å². The SMILES string of the molecule is COC(=O)C/C(=C\c1ccccc1OC)C(=O)OC. The molecule has 0 aliphatic carbocycles. The molecule has 19 heavy (non-hydrogen) atoms. The van der Waals surface area contributed by atoms with E-state index in [1.807, 2.05) is 6.07 Å². The van der Waals surface area contributed by atoms with Crippen LogP contribution in [0.15, 0.2) is 29.8 Å². The fourth-order valence-electron chi connectivity index (χ4n) is 1.51. The smallest absolute Gasteiger partial charge is 0.334 e. The molecule has 0 saturated carbocycles. The summed E-state index contributed by atoms with van der Waals surface area (Å²) in [6, 6.07) is 7.16. The lowest BCUT2D eigenvalue weighted by Gasteiger charge is -2.07. The lowest BCUT2D eigenvalue weighted by atomic mass is 10.1. The molecule has 0 atom stereocenters. The van der Waals surface area contributed by atoms with E-state index in [2.05, 4.69) is 9.47 Å². The zero-order valence-electron chi connectivity index (χ0n) is 11.1. The molecule has 1 aromatic carbocycles. The van der Waals surface area contributed by atoms with Crippen LogP contribution < -0.4 is 4.74 Å². The molecule has 0 bridgehead atoms. The molecule has 0 spiro atoms. The van der Waals surface area contributed by atoms with Gasteiger partial charge >= 0.3 is 11.9 Å². The molecule has 5 nitrogen and oxygen atoms in total. The van der Waals surface area contributed by atoms with Crippen molar-refractivity contribution in [2.45, 2.75) is 6.42 Å². The summed E-state index contributed by atoms with van der Waals surface area (Å²) in [7, 11) is 4.06. The second-order valence-electron chi connectivity index (χ2n) is 3.66. The minimum atomic E-state index is -0.573. The summed E-state index contributed by atoms with van der Waals surface area (Å²) < 4.78 is 14.4. The van der Waals surface area contributed by atoms with Crippen LogP contribution >= 0.6 is 0 Å². The first kappa shape index (κ1) is 14.8. The second-order valence-corrected chi connectivity index (χ2v) is 3.66. The third-order valence-corrected chi connectivity index (χ3v) is 2.48. The Labute approximate surface area is 111 Å². The molecule has 0 N–H and O–H groups in total. The van der Waals surface area contributed by atoms with Gasteiger partial charge in [0, 0.05) is 11.1 Å². The van der Waals surface area contributed by atoms with Crippen LogP contribution in [0.5, 0.6) is 5.75 Å². The number of benzene rings is 1. The predicted molar refractivity (Wildman–Crippen MR) is 69.6 cm³/mol. The number of esters is 2. The van der Waals surface area contributed by atoms with Crippen molar-refractivity contribution in [3.05, 3.63) is 35.4 Å². The Morgan fingerprint density at radius 1 is 1.11 bits per heavy atom. The summed E-state index contributed by atoms with van der Waals surface area (Å²) in [5, 5.41) is 0. The average Bonchev–Trinajstić information content (AvgIpc) is 2.45. The van der Waals surface area contributed by atoms with Crippen molar-refractivity contribution in [2.75, 3.05) is 21.3 Å². The first-order valence-electron chi connectivity index (χ1n) is 5.61. The first-order valence-corrected chi connectivity index (χ1v) is 5.61. The minimum absolute atomic E-state index is 0.152. The van der Waals surface area contributed by atoms with Crippen molar-refractivity contribution >= 4 is 18.0 Å². The third-order valence-electron chi connectivity index (χ3n) is 2.48. The van der Waals surface area contributed by atoms with Gasteiger partial charge in [-0.2, -0.15) is 0 Å². The highest BCUT2D eigenvalue weighted by Gasteiger charge is 2.15. The predicted octanol–water partition coefficient (Wildman–Crippen LogP) is 1.81. The Bertz CT molecular complexity index is 490. The van der Waals surface area contributed by atoms with Crippen molar-refractivity contribution in [1.29, 1.82) is 0 Å². The Hall–Kier alpha value is -2.30. The normalized spacial score (nSPS) is 10.8. The van der Waals surface area contributed by atoms with Crippen LogP contribution in [0.3, 0.4) is 0 Å². The highest BCUT2D eigenvalue weighted by molar-refractivity contribution is 5.98. The van der Waals surface area contributed by atoms with Crippen molar-refractivity contribution in [2.24, 2.45) is 0 Å². The first-order chi connectivity index (χ1) is 9.12. The van der Waals surface area contributed by atoms with Gasteiger partial charge in [-0.05, 0) is 12.1 Å². The maximum absolute atomic E-state index is 11.6. The highest BCUT2D eigenvalue weighted by Crippen LogP contribution is 2.22. The molecule has 1 rings (SSSR count). The number of methoxy groups -OCH3 is 3. The number of rotatable bonds is 5. The third kappa shape index (κ3) is 4.13. The highest BCUT2D eigenvalue weighted by atomic mass is 16.5. The zero-order chi connectivity index (χ0) is 14.3. The minimum Gasteiger partial charge on any atom is -0.496 e.